The van der Waals surface area contributed by atoms with Crippen LogP contribution in [0.25, 0.3) is 11.3 Å². The van der Waals surface area contributed by atoms with Crippen molar-refractivity contribution in [3.05, 3.63) is 88.5 Å². The lowest BCUT2D eigenvalue weighted by Gasteiger charge is -2.49. The summed E-state index contributed by atoms with van der Waals surface area (Å²) in [5, 5.41) is 3.30. The number of piperidine rings is 2. The van der Waals surface area contributed by atoms with Gasteiger partial charge in [-0.3, -0.25) is 9.36 Å². The molecule has 2 aromatic carbocycles. The summed E-state index contributed by atoms with van der Waals surface area (Å²) in [5.41, 5.74) is 2.11. The fourth-order valence-corrected chi connectivity index (χ4v) is 7.54. The lowest BCUT2D eigenvalue weighted by atomic mass is 9.69. The van der Waals surface area contributed by atoms with Crippen LogP contribution in [0.1, 0.15) is 56.6 Å². The Bertz CT molecular complexity index is 1470. The van der Waals surface area contributed by atoms with Crippen molar-refractivity contribution >= 4 is 6.03 Å². The van der Waals surface area contributed by atoms with Crippen molar-refractivity contribution in [2.24, 2.45) is 11.3 Å². The summed E-state index contributed by atoms with van der Waals surface area (Å²) >= 11 is 0. The standard InChI is InChI=1S/C33H39F2N5O2/c1-36-26-12-16-40(30(18-26)24-9-10-27(34)28(35)17-24)32(42)38-15-11-25(33(21-38)13-5-6-14-33)20-39-22-37-29(19-31(39)41)23-7-3-2-4-8-23/h2-4,7-10,17,19,22,25-26,30,36H,5-6,11-16,18,20-21H2,1H3/t25-,26+,30-/m0/s1. The molecular formula is C33H39F2N5O2. The Morgan fingerprint density at radius 2 is 1.81 bits per heavy atom. The van der Waals surface area contributed by atoms with Gasteiger partial charge in [0, 0.05) is 43.9 Å². The number of hydrogen-bond acceptors (Lipinski definition) is 4. The van der Waals surface area contributed by atoms with Gasteiger partial charge in [-0.05, 0) is 68.2 Å². The van der Waals surface area contributed by atoms with Gasteiger partial charge in [-0.2, -0.15) is 0 Å². The third-order valence-corrected chi connectivity index (χ3v) is 9.94. The predicted molar refractivity (Wildman–Crippen MR) is 158 cm³/mol. The molecule has 9 heteroatoms. The summed E-state index contributed by atoms with van der Waals surface area (Å²) in [6.07, 6.45) is 8.21. The van der Waals surface area contributed by atoms with Gasteiger partial charge in [0.15, 0.2) is 11.6 Å². The molecule has 0 unspecified atom stereocenters. The highest BCUT2D eigenvalue weighted by Crippen LogP contribution is 2.49. The van der Waals surface area contributed by atoms with Crippen molar-refractivity contribution in [2.75, 3.05) is 26.7 Å². The SMILES string of the molecule is CN[C@@H]1CCN(C(=O)N2CC[C@@H](Cn3cnc(-c4ccccc4)cc3=O)C3(CCCC3)C2)[C@H](c2ccc(F)c(F)c2)C1. The number of hydrogen-bond donors (Lipinski definition) is 1. The Kier molecular flexibility index (Phi) is 8.12. The van der Waals surface area contributed by atoms with Crippen molar-refractivity contribution in [3.63, 3.8) is 0 Å². The second-order valence-corrected chi connectivity index (χ2v) is 12.3. The van der Waals surface area contributed by atoms with E-state index in [1.807, 2.05) is 47.2 Å². The molecule has 1 spiro atoms. The molecule has 1 aliphatic carbocycles. The number of nitrogens with one attached hydrogen (secondary N) is 1. The van der Waals surface area contributed by atoms with Crippen molar-refractivity contribution in [1.29, 1.82) is 0 Å². The van der Waals surface area contributed by atoms with E-state index >= 15 is 0 Å². The number of urea groups is 1. The van der Waals surface area contributed by atoms with Crippen LogP contribution in [0.2, 0.25) is 0 Å². The van der Waals surface area contributed by atoms with Crippen LogP contribution in [0, 0.1) is 23.0 Å². The maximum absolute atomic E-state index is 14.2. The van der Waals surface area contributed by atoms with Gasteiger partial charge in [0.1, 0.15) is 0 Å². The third kappa shape index (κ3) is 5.59. The topological polar surface area (TPSA) is 70.5 Å². The third-order valence-electron chi connectivity index (χ3n) is 9.94. The normalized spacial score (nSPS) is 23.8. The summed E-state index contributed by atoms with van der Waals surface area (Å²) in [5.74, 6) is -1.51. The first kappa shape index (κ1) is 28.5. The monoisotopic (exact) mass is 575 g/mol. The largest absolute Gasteiger partial charge is 0.324 e. The Balaban J connectivity index is 1.20. The van der Waals surface area contributed by atoms with Crippen LogP contribution in [0.4, 0.5) is 13.6 Å². The van der Waals surface area contributed by atoms with Crippen molar-refractivity contribution in [2.45, 2.75) is 63.6 Å². The molecule has 2 saturated heterocycles. The van der Waals surface area contributed by atoms with Gasteiger partial charge in [0.05, 0.1) is 18.1 Å². The molecule has 2 aliphatic heterocycles. The number of likely N-dealkylation sites (tertiary alicyclic amines) is 2. The van der Waals surface area contributed by atoms with Gasteiger partial charge in [-0.1, -0.05) is 49.2 Å². The lowest BCUT2D eigenvalue weighted by molar-refractivity contribution is 0.0208. The molecule has 222 valence electrons. The number of carbonyl (C=O) groups excluding carboxylic acids is 1. The Morgan fingerprint density at radius 3 is 2.52 bits per heavy atom. The molecule has 3 aliphatic rings. The summed E-state index contributed by atoms with van der Waals surface area (Å²) in [6, 6.07) is 15.1. The molecule has 1 N–H and O–H groups in total. The molecule has 2 amide bonds. The molecule has 6 rings (SSSR count). The highest BCUT2D eigenvalue weighted by atomic mass is 19.2. The average Bonchev–Trinajstić information content (AvgIpc) is 3.48. The molecule has 3 atom stereocenters. The van der Waals surface area contributed by atoms with Crippen molar-refractivity contribution in [1.82, 2.24) is 24.7 Å². The fraction of sp³-hybridized carbons (Fsp3) is 0.485. The number of benzene rings is 2. The quantitative estimate of drug-likeness (QED) is 0.429. The minimum atomic E-state index is -0.890. The zero-order chi connectivity index (χ0) is 29.3. The zero-order valence-electron chi connectivity index (χ0n) is 24.1. The minimum absolute atomic E-state index is 0.0324. The minimum Gasteiger partial charge on any atom is -0.324 e. The molecule has 0 radical (unpaired) electrons. The molecule has 3 aromatic rings. The molecule has 7 nitrogen and oxygen atoms in total. The van der Waals surface area contributed by atoms with E-state index in [9.17, 15) is 18.4 Å². The number of rotatable bonds is 5. The maximum atomic E-state index is 14.2. The second kappa shape index (κ2) is 12.0. The van der Waals surface area contributed by atoms with Crippen molar-refractivity contribution < 1.29 is 13.6 Å². The van der Waals surface area contributed by atoms with Crippen LogP contribution >= 0.6 is 0 Å². The van der Waals surface area contributed by atoms with Crippen LogP contribution < -0.4 is 10.9 Å². The van der Waals surface area contributed by atoms with Crippen LogP contribution in [0.3, 0.4) is 0 Å². The number of amides is 2. The van der Waals surface area contributed by atoms with E-state index in [2.05, 4.69) is 10.3 Å². The fourth-order valence-electron chi connectivity index (χ4n) is 7.54. The molecule has 1 aromatic heterocycles. The highest BCUT2D eigenvalue weighted by molar-refractivity contribution is 5.75. The first-order valence-corrected chi connectivity index (χ1v) is 15.2. The van der Waals surface area contributed by atoms with E-state index in [1.54, 1.807) is 23.0 Å². The molecular weight excluding hydrogens is 536 g/mol. The lowest BCUT2D eigenvalue weighted by Crippen LogP contribution is -2.56. The van der Waals surface area contributed by atoms with Gasteiger partial charge in [-0.15, -0.1) is 0 Å². The summed E-state index contributed by atoms with van der Waals surface area (Å²) in [6.45, 7) is 2.40. The van der Waals surface area contributed by atoms with E-state index < -0.39 is 11.6 Å². The predicted octanol–water partition coefficient (Wildman–Crippen LogP) is 5.62. The van der Waals surface area contributed by atoms with Gasteiger partial charge in [0.2, 0.25) is 0 Å². The van der Waals surface area contributed by atoms with Gasteiger partial charge in [0.25, 0.3) is 5.56 Å². The van der Waals surface area contributed by atoms with Crippen LogP contribution in [-0.4, -0.2) is 58.1 Å². The zero-order valence-corrected chi connectivity index (χ0v) is 24.1. The highest BCUT2D eigenvalue weighted by Gasteiger charge is 2.47. The van der Waals surface area contributed by atoms with Crippen LogP contribution in [0.5, 0.6) is 0 Å². The van der Waals surface area contributed by atoms with Gasteiger partial charge in [-0.25, -0.2) is 18.6 Å². The molecule has 0 bridgehead atoms. The Hall–Kier alpha value is -3.59. The van der Waals surface area contributed by atoms with E-state index in [4.69, 9.17) is 0 Å². The Morgan fingerprint density at radius 1 is 1.02 bits per heavy atom. The van der Waals surface area contributed by atoms with Crippen molar-refractivity contribution in [3.8, 4) is 11.3 Å². The van der Waals surface area contributed by atoms with E-state index in [-0.39, 0.29) is 35.0 Å². The van der Waals surface area contributed by atoms with Gasteiger partial charge < -0.3 is 15.1 Å². The van der Waals surface area contributed by atoms with Crippen LogP contribution in [0.15, 0.2) is 65.7 Å². The first-order chi connectivity index (χ1) is 20.4. The smallest absolute Gasteiger partial charge is 0.320 e. The van der Waals surface area contributed by atoms with E-state index in [1.165, 1.54) is 6.07 Å². The maximum Gasteiger partial charge on any atom is 0.320 e. The van der Waals surface area contributed by atoms with Gasteiger partial charge >= 0.3 is 6.03 Å². The molecule has 3 fully saturated rings. The number of aromatic nitrogens is 2. The number of carbonyl (C=O) groups is 1. The molecule has 42 heavy (non-hydrogen) atoms. The number of nitrogens with zero attached hydrogens (tertiary/aromatic N) is 4. The van der Waals surface area contributed by atoms with E-state index in [0.717, 1.165) is 50.2 Å². The number of halogens is 2. The summed E-state index contributed by atoms with van der Waals surface area (Å²) in [4.78, 5) is 35.7. The Labute approximate surface area is 245 Å². The molecule has 3 heterocycles. The van der Waals surface area contributed by atoms with Crippen LogP contribution in [-0.2, 0) is 6.54 Å². The first-order valence-electron chi connectivity index (χ1n) is 15.2. The molecule has 1 saturated carbocycles. The van der Waals surface area contributed by atoms with E-state index in [0.29, 0.717) is 43.9 Å². The average molecular weight is 576 g/mol. The summed E-state index contributed by atoms with van der Waals surface area (Å²) < 4.78 is 29.7. The second-order valence-electron chi connectivity index (χ2n) is 12.3. The summed E-state index contributed by atoms with van der Waals surface area (Å²) in [7, 11) is 1.90.